The van der Waals surface area contributed by atoms with Gasteiger partial charge in [-0.15, -0.1) is 0 Å². The highest BCUT2D eigenvalue weighted by atomic mass is 32.1. The van der Waals surface area contributed by atoms with Gasteiger partial charge in [-0.3, -0.25) is 5.43 Å². The van der Waals surface area contributed by atoms with E-state index in [9.17, 15) is 5.11 Å². The van der Waals surface area contributed by atoms with Crippen LogP contribution in [0.5, 0.6) is 11.5 Å². The molecule has 0 aliphatic rings. The van der Waals surface area contributed by atoms with Gasteiger partial charge in [0, 0.05) is 5.69 Å². The van der Waals surface area contributed by atoms with Crippen molar-refractivity contribution in [3.63, 3.8) is 0 Å². The van der Waals surface area contributed by atoms with Crippen LogP contribution in [0.15, 0.2) is 53.6 Å². The molecule has 0 aliphatic heterocycles. The van der Waals surface area contributed by atoms with Crippen LogP contribution in [0.3, 0.4) is 0 Å². The fourth-order valence-corrected chi connectivity index (χ4v) is 1.86. The average Bonchev–Trinajstić information content (AvgIpc) is 2.51. The molecular formula is C16H17N3O2S. The summed E-state index contributed by atoms with van der Waals surface area (Å²) in [4.78, 5) is 0. The SMILES string of the molecule is CCOc1ccc(NC(=S)N/N=C/c2ccc(O)cc2)cc1. The summed E-state index contributed by atoms with van der Waals surface area (Å²) in [5, 5.41) is 16.6. The molecule has 0 unspecified atom stereocenters. The quantitative estimate of drug-likeness (QED) is 0.449. The molecule has 0 atom stereocenters. The number of nitrogens with one attached hydrogen (secondary N) is 2. The number of anilines is 1. The van der Waals surface area contributed by atoms with E-state index in [1.54, 1.807) is 30.5 Å². The highest BCUT2D eigenvalue weighted by Crippen LogP contribution is 2.15. The number of phenols is 1. The van der Waals surface area contributed by atoms with Gasteiger partial charge in [0.1, 0.15) is 11.5 Å². The lowest BCUT2D eigenvalue weighted by Crippen LogP contribution is -2.23. The molecule has 5 nitrogen and oxygen atoms in total. The van der Waals surface area contributed by atoms with Gasteiger partial charge in [-0.25, -0.2) is 0 Å². The summed E-state index contributed by atoms with van der Waals surface area (Å²) in [5.74, 6) is 1.04. The van der Waals surface area contributed by atoms with Crippen LogP contribution >= 0.6 is 12.2 Å². The van der Waals surface area contributed by atoms with Crippen molar-refractivity contribution in [2.45, 2.75) is 6.92 Å². The molecule has 0 spiro atoms. The third kappa shape index (κ3) is 5.06. The van der Waals surface area contributed by atoms with Crippen LogP contribution in [0, 0.1) is 0 Å². The minimum Gasteiger partial charge on any atom is -0.508 e. The van der Waals surface area contributed by atoms with Gasteiger partial charge < -0.3 is 15.2 Å². The number of rotatable bonds is 5. The molecule has 6 heteroatoms. The maximum Gasteiger partial charge on any atom is 0.191 e. The Morgan fingerprint density at radius 3 is 2.50 bits per heavy atom. The maximum absolute atomic E-state index is 9.19. The number of ether oxygens (including phenoxy) is 1. The number of aromatic hydroxyl groups is 1. The van der Waals surface area contributed by atoms with E-state index in [0.717, 1.165) is 17.0 Å². The maximum atomic E-state index is 9.19. The van der Waals surface area contributed by atoms with Crippen molar-refractivity contribution in [2.24, 2.45) is 5.10 Å². The summed E-state index contributed by atoms with van der Waals surface area (Å²) in [5.41, 5.74) is 4.43. The van der Waals surface area contributed by atoms with Crippen molar-refractivity contribution >= 4 is 29.2 Å². The van der Waals surface area contributed by atoms with Crippen LogP contribution in [0.1, 0.15) is 12.5 Å². The largest absolute Gasteiger partial charge is 0.508 e. The topological polar surface area (TPSA) is 65.9 Å². The molecule has 2 aromatic rings. The molecule has 0 bridgehead atoms. The molecule has 0 amide bonds. The molecule has 0 aromatic heterocycles. The first-order valence-corrected chi connectivity index (χ1v) is 7.20. The fourth-order valence-electron chi connectivity index (χ4n) is 1.69. The highest BCUT2D eigenvalue weighted by Gasteiger charge is 1.97. The number of nitrogens with zero attached hydrogens (tertiary/aromatic N) is 1. The number of phenolic OH excluding ortho intramolecular Hbond substituents is 1. The average molecular weight is 315 g/mol. The normalized spacial score (nSPS) is 10.4. The van der Waals surface area contributed by atoms with Crippen molar-refractivity contribution in [2.75, 3.05) is 11.9 Å². The van der Waals surface area contributed by atoms with Crippen molar-refractivity contribution in [3.8, 4) is 11.5 Å². The number of hydrogen-bond donors (Lipinski definition) is 3. The fraction of sp³-hybridized carbons (Fsp3) is 0.125. The van der Waals surface area contributed by atoms with Crippen molar-refractivity contribution in [1.82, 2.24) is 5.43 Å². The summed E-state index contributed by atoms with van der Waals surface area (Å²) in [6.07, 6.45) is 1.62. The Labute approximate surface area is 134 Å². The van der Waals surface area contributed by atoms with Gasteiger partial charge in [-0.1, -0.05) is 0 Å². The summed E-state index contributed by atoms with van der Waals surface area (Å²) in [6, 6.07) is 14.2. The van der Waals surface area contributed by atoms with Crippen LogP contribution in [-0.4, -0.2) is 23.0 Å². The Morgan fingerprint density at radius 2 is 1.86 bits per heavy atom. The number of thiocarbonyl (C=S) groups is 1. The van der Waals surface area contributed by atoms with Gasteiger partial charge in [0.15, 0.2) is 5.11 Å². The zero-order valence-electron chi connectivity index (χ0n) is 12.1. The molecule has 0 aliphatic carbocycles. The number of benzene rings is 2. The monoisotopic (exact) mass is 315 g/mol. The Balaban J connectivity index is 1.83. The lowest BCUT2D eigenvalue weighted by molar-refractivity contribution is 0.340. The molecule has 114 valence electrons. The molecule has 0 radical (unpaired) electrons. The Morgan fingerprint density at radius 1 is 1.18 bits per heavy atom. The van der Waals surface area contributed by atoms with Crippen LogP contribution in [0.2, 0.25) is 0 Å². The summed E-state index contributed by atoms with van der Waals surface area (Å²) >= 11 is 5.15. The van der Waals surface area contributed by atoms with Crippen molar-refractivity contribution in [1.29, 1.82) is 0 Å². The zero-order chi connectivity index (χ0) is 15.8. The van der Waals surface area contributed by atoms with Crippen LogP contribution in [0.25, 0.3) is 0 Å². The molecule has 0 fully saturated rings. The van der Waals surface area contributed by atoms with E-state index >= 15 is 0 Å². The molecule has 0 saturated heterocycles. The second kappa shape index (κ2) is 7.99. The first kappa shape index (κ1) is 15.8. The second-order valence-corrected chi connectivity index (χ2v) is 4.78. The molecule has 3 N–H and O–H groups in total. The minimum absolute atomic E-state index is 0.220. The van der Waals surface area contributed by atoms with Crippen molar-refractivity contribution < 1.29 is 9.84 Å². The van der Waals surface area contributed by atoms with Gasteiger partial charge in [0.2, 0.25) is 0 Å². The smallest absolute Gasteiger partial charge is 0.191 e. The van der Waals surface area contributed by atoms with Gasteiger partial charge in [-0.2, -0.15) is 5.10 Å². The van der Waals surface area contributed by atoms with E-state index in [0.29, 0.717) is 11.7 Å². The standard InChI is InChI=1S/C16H17N3O2S/c1-2-21-15-9-5-13(6-10-15)18-16(22)19-17-11-12-3-7-14(20)8-4-12/h3-11,20H,2H2,1H3,(H2,18,19,22)/b17-11+. The van der Waals surface area contributed by atoms with Crippen LogP contribution < -0.4 is 15.5 Å². The third-order valence-corrected chi connectivity index (χ3v) is 2.89. The van der Waals surface area contributed by atoms with Gasteiger partial charge in [0.25, 0.3) is 0 Å². The first-order chi connectivity index (χ1) is 10.7. The van der Waals surface area contributed by atoms with E-state index in [-0.39, 0.29) is 5.75 Å². The summed E-state index contributed by atoms with van der Waals surface area (Å²) in [7, 11) is 0. The van der Waals surface area contributed by atoms with Gasteiger partial charge >= 0.3 is 0 Å². The Bertz CT molecular complexity index is 639. The second-order valence-electron chi connectivity index (χ2n) is 4.37. The van der Waals surface area contributed by atoms with E-state index in [2.05, 4.69) is 15.8 Å². The number of hydrazone groups is 1. The summed E-state index contributed by atoms with van der Waals surface area (Å²) in [6.45, 7) is 2.58. The lowest BCUT2D eigenvalue weighted by Gasteiger charge is -2.08. The third-order valence-electron chi connectivity index (χ3n) is 2.70. The number of hydrogen-bond acceptors (Lipinski definition) is 4. The molecule has 2 rings (SSSR count). The van der Waals surface area contributed by atoms with E-state index in [1.807, 2.05) is 31.2 Å². The Hall–Kier alpha value is -2.60. The van der Waals surface area contributed by atoms with Gasteiger partial charge in [0.05, 0.1) is 12.8 Å². The molecule has 22 heavy (non-hydrogen) atoms. The Kier molecular flexibility index (Phi) is 5.73. The molecular weight excluding hydrogens is 298 g/mol. The minimum atomic E-state index is 0.220. The highest BCUT2D eigenvalue weighted by molar-refractivity contribution is 7.80. The predicted molar refractivity (Wildman–Crippen MR) is 92.7 cm³/mol. The van der Waals surface area contributed by atoms with Crippen LogP contribution in [0.4, 0.5) is 5.69 Å². The zero-order valence-corrected chi connectivity index (χ0v) is 12.9. The molecule has 0 heterocycles. The first-order valence-electron chi connectivity index (χ1n) is 6.79. The van der Waals surface area contributed by atoms with E-state index < -0.39 is 0 Å². The molecule has 2 aromatic carbocycles. The van der Waals surface area contributed by atoms with E-state index in [4.69, 9.17) is 17.0 Å². The summed E-state index contributed by atoms with van der Waals surface area (Å²) < 4.78 is 5.37. The lowest BCUT2D eigenvalue weighted by atomic mass is 10.2. The predicted octanol–water partition coefficient (Wildman–Crippen LogP) is 3.11. The van der Waals surface area contributed by atoms with Crippen molar-refractivity contribution in [3.05, 3.63) is 54.1 Å². The van der Waals surface area contributed by atoms with Crippen LogP contribution in [-0.2, 0) is 0 Å². The van der Waals surface area contributed by atoms with Gasteiger partial charge in [-0.05, 0) is 73.2 Å². The molecule has 0 saturated carbocycles. The van der Waals surface area contributed by atoms with E-state index in [1.165, 1.54) is 0 Å².